The van der Waals surface area contributed by atoms with Crippen molar-refractivity contribution in [3.8, 4) is 0 Å². The lowest BCUT2D eigenvalue weighted by Gasteiger charge is -2.30. The molecule has 2 saturated carbocycles. The molecule has 10 atom stereocenters. The maximum Gasteiger partial charge on any atom is 0.340 e. The first kappa shape index (κ1) is 30.8. The van der Waals surface area contributed by atoms with E-state index in [2.05, 4.69) is 4.98 Å². The van der Waals surface area contributed by atoms with Gasteiger partial charge in [0.1, 0.15) is 18.3 Å². The zero-order chi connectivity index (χ0) is 31.6. The number of hydrogen-bond donors (Lipinski definition) is 0. The van der Waals surface area contributed by atoms with Gasteiger partial charge in [-0.3, -0.25) is 24.2 Å². The van der Waals surface area contributed by atoms with E-state index < -0.39 is 82.7 Å². The minimum absolute atomic E-state index is 0.206. The summed E-state index contributed by atoms with van der Waals surface area (Å²) >= 11 is 0. The largest absolute Gasteiger partial charge is 0.461 e. The minimum Gasteiger partial charge on any atom is -0.461 e. The highest BCUT2D eigenvalue weighted by Gasteiger charge is 2.84. The van der Waals surface area contributed by atoms with Gasteiger partial charge in [0.05, 0.1) is 11.5 Å². The second-order valence-corrected chi connectivity index (χ2v) is 13.1. The van der Waals surface area contributed by atoms with E-state index in [-0.39, 0.29) is 23.7 Å². The van der Waals surface area contributed by atoms with Gasteiger partial charge in [-0.1, -0.05) is 27.7 Å². The Hall–Kier alpha value is -3.60. The number of aromatic nitrogens is 1. The molecule has 43 heavy (non-hydrogen) atoms. The zero-order valence-corrected chi connectivity index (χ0v) is 25.7. The standard InChI is InChI=1S/C32H39NO10/c1-15-12-32-28(41-20(6)36)16(2)13-31(32,43-32)27(37)17(3)25(40-19(5)35)22-23(30(22,7)8)26(24(15)39-18(4)34)42-29(38)21-10-9-11-33-14-21/h9-12,14,16-17,22-26,28H,13H2,1-8H3/b15-12+/t16-,17+,22-,23+,24+,25-,26?,28-,31-,32-/m0/s1. The summed E-state index contributed by atoms with van der Waals surface area (Å²) in [7, 11) is 0. The molecule has 0 N–H and O–H groups in total. The first-order valence-electron chi connectivity index (χ1n) is 14.6. The number of hydrogen-bond acceptors (Lipinski definition) is 11. The van der Waals surface area contributed by atoms with Crippen molar-refractivity contribution in [2.75, 3.05) is 0 Å². The molecule has 5 rings (SSSR count). The topological polar surface area (TPSA) is 148 Å². The van der Waals surface area contributed by atoms with Crippen LogP contribution in [0, 0.1) is 29.1 Å². The molecule has 232 valence electrons. The predicted molar refractivity (Wildman–Crippen MR) is 149 cm³/mol. The summed E-state index contributed by atoms with van der Waals surface area (Å²) in [5.74, 6) is -4.58. The lowest BCUT2D eigenvalue weighted by molar-refractivity contribution is -0.154. The van der Waals surface area contributed by atoms with Gasteiger partial charge < -0.3 is 23.7 Å². The molecule has 1 aromatic heterocycles. The summed E-state index contributed by atoms with van der Waals surface area (Å²) in [6.07, 6.45) is 1.09. The molecule has 1 saturated heterocycles. The van der Waals surface area contributed by atoms with Crippen LogP contribution in [0.15, 0.2) is 36.2 Å². The first-order valence-corrected chi connectivity index (χ1v) is 14.6. The maximum atomic E-state index is 14.4. The molecule has 0 radical (unpaired) electrons. The van der Waals surface area contributed by atoms with Crippen LogP contribution in [0.3, 0.4) is 0 Å². The Balaban J connectivity index is 1.69. The number of fused-ring (bicyclic) bond motifs is 1. The minimum atomic E-state index is -1.34. The number of rotatable bonds is 5. The molecule has 0 amide bonds. The van der Waals surface area contributed by atoms with E-state index in [1.807, 2.05) is 20.8 Å². The van der Waals surface area contributed by atoms with Crippen LogP contribution in [-0.2, 0) is 42.9 Å². The Labute approximate surface area is 250 Å². The molecule has 0 bridgehead atoms. The van der Waals surface area contributed by atoms with Gasteiger partial charge in [-0.05, 0) is 48.5 Å². The zero-order valence-electron chi connectivity index (χ0n) is 25.7. The van der Waals surface area contributed by atoms with Crippen molar-refractivity contribution in [1.82, 2.24) is 4.98 Å². The monoisotopic (exact) mass is 597 g/mol. The van der Waals surface area contributed by atoms with Gasteiger partial charge in [-0.15, -0.1) is 0 Å². The van der Waals surface area contributed by atoms with Crippen molar-refractivity contribution in [3.63, 3.8) is 0 Å². The van der Waals surface area contributed by atoms with E-state index in [0.29, 0.717) is 5.57 Å². The highest BCUT2D eigenvalue weighted by molar-refractivity contribution is 5.96. The van der Waals surface area contributed by atoms with Crippen LogP contribution in [0.1, 0.15) is 72.2 Å². The fraction of sp³-hybridized carbons (Fsp3) is 0.625. The molecule has 4 aliphatic rings. The Kier molecular flexibility index (Phi) is 7.56. The Bertz CT molecular complexity index is 1390. The van der Waals surface area contributed by atoms with Crippen LogP contribution in [0.25, 0.3) is 0 Å². The molecule has 3 aliphatic carbocycles. The maximum absolute atomic E-state index is 14.4. The summed E-state index contributed by atoms with van der Waals surface area (Å²) in [5.41, 5.74) is -2.59. The lowest BCUT2D eigenvalue weighted by Crippen LogP contribution is -2.43. The van der Waals surface area contributed by atoms with Crippen LogP contribution in [0.5, 0.6) is 0 Å². The van der Waals surface area contributed by atoms with Gasteiger partial charge >= 0.3 is 23.9 Å². The average molecular weight is 598 g/mol. The van der Waals surface area contributed by atoms with Crippen molar-refractivity contribution < 1.29 is 47.7 Å². The number of ketones is 1. The highest BCUT2D eigenvalue weighted by atomic mass is 16.7. The van der Waals surface area contributed by atoms with E-state index in [1.54, 1.807) is 32.1 Å². The molecule has 1 aromatic rings. The lowest BCUT2D eigenvalue weighted by atomic mass is 9.80. The Morgan fingerprint density at radius 1 is 0.930 bits per heavy atom. The fourth-order valence-electron chi connectivity index (χ4n) is 7.87. The number of Topliss-reactive ketones (excluding diaryl/α,β-unsaturated/α-hetero) is 1. The second-order valence-electron chi connectivity index (χ2n) is 13.1. The summed E-state index contributed by atoms with van der Waals surface area (Å²) in [6, 6.07) is 3.17. The number of epoxide rings is 1. The summed E-state index contributed by atoms with van der Waals surface area (Å²) in [5, 5.41) is 0. The van der Waals surface area contributed by atoms with Gasteiger partial charge in [0, 0.05) is 45.0 Å². The van der Waals surface area contributed by atoms with Gasteiger partial charge in [-0.25, -0.2) is 4.79 Å². The quantitative estimate of drug-likeness (QED) is 0.213. The predicted octanol–water partition coefficient (Wildman–Crippen LogP) is 3.39. The molecule has 0 aromatic carbocycles. The third-order valence-electron chi connectivity index (χ3n) is 9.71. The molecule has 3 fully saturated rings. The van der Waals surface area contributed by atoms with Crippen molar-refractivity contribution in [1.29, 1.82) is 0 Å². The Morgan fingerprint density at radius 2 is 1.56 bits per heavy atom. The van der Waals surface area contributed by atoms with E-state index in [4.69, 9.17) is 23.7 Å². The second kappa shape index (κ2) is 10.5. The van der Waals surface area contributed by atoms with E-state index in [9.17, 15) is 24.0 Å². The molecule has 1 unspecified atom stereocenters. The van der Waals surface area contributed by atoms with Gasteiger partial charge in [0.15, 0.2) is 23.1 Å². The van der Waals surface area contributed by atoms with Crippen molar-refractivity contribution in [3.05, 3.63) is 41.7 Å². The molecule has 2 heterocycles. The normalized spacial score (nSPS) is 40.2. The molecule has 11 heteroatoms. The SMILES string of the molecule is CC(=O)O[C@@H]1[C@@H]2[C@H](C(OC(=O)c3cccnc3)[C@H](OC(C)=O)/C(C)=C/[C@@]34O[C@@]3(C[C@H](C)[C@@H]4OC(C)=O)C(=O)[C@@H]1C)C2(C)C. The summed E-state index contributed by atoms with van der Waals surface area (Å²) < 4.78 is 30.0. The molecular weight excluding hydrogens is 558 g/mol. The number of esters is 4. The third kappa shape index (κ3) is 4.95. The summed E-state index contributed by atoms with van der Waals surface area (Å²) in [6.45, 7) is 13.0. The third-order valence-corrected chi connectivity index (χ3v) is 9.71. The van der Waals surface area contributed by atoms with Crippen molar-refractivity contribution in [2.45, 2.75) is 97.4 Å². The Morgan fingerprint density at radius 3 is 2.14 bits per heavy atom. The summed E-state index contributed by atoms with van der Waals surface area (Å²) in [4.78, 5) is 69.0. The van der Waals surface area contributed by atoms with Crippen LogP contribution in [0.2, 0.25) is 0 Å². The van der Waals surface area contributed by atoms with Crippen molar-refractivity contribution >= 4 is 29.7 Å². The van der Waals surface area contributed by atoms with E-state index in [1.165, 1.54) is 33.2 Å². The van der Waals surface area contributed by atoms with E-state index in [0.717, 1.165) is 0 Å². The van der Waals surface area contributed by atoms with Crippen LogP contribution < -0.4 is 0 Å². The van der Waals surface area contributed by atoms with Crippen LogP contribution in [0.4, 0.5) is 0 Å². The average Bonchev–Trinajstić information content (AvgIpc) is 3.71. The van der Waals surface area contributed by atoms with Gasteiger partial charge in [-0.2, -0.15) is 0 Å². The number of pyridine rings is 1. The smallest absolute Gasteiger partial charge is 0.340 e. The number of nitrogens with zero attached hydrogens (tertiary/aromatic N) is 1. The fourth-order valence-corrected chi connectivity index (χ4v) is 7.87. The van der Waals surface area contributed by atoms with Crippen LogP contribution in [-0.4, -0.2) is 70.3 Å². The number of carbonyl (C=O) groups is 5. The van der Waals surface area contributed by atoms with Crippen molar-refractivity contribution in [2.24, 2.45) is 29.1 Å². The molecule has 1 aliphatic heterocycles. The number of ether oxygens (including phenoxy) is 5. The molecule has 0 spiro atoms. The van der Waals surface area contributed by atoms with Crippen LogP contribution >= 0.6 is 0 Å². The molecular formula is C32H39NO10. The van der Waals surface area contributed by atoms with Gasteiger partial charge in [0.25, 0.3) is 0 Å². The van der Waals surface area contributed by atoms with E-state index >= 15 is 0 Å². The number of carbonyl (C=O) groups excluding carboxylic acids is 5. The highest BCUT2D eigenvalue weighted by Crippen LogP contribution is 2.69. The first-order chi connectivity index (χ1) is 20.1. The van der Waals surface area contributed by atoms with Gasteiger partial charge in [0.2, 0.25) is 0 Å². The molecule has 11 nitrogen and oxygen atoms in total.